The van der Waals surface area contributed by atoms with Gasteiger partial charge in [-0.15, -0.1) is 33.1 Å². The van der Waals surface area contributed by atoms with Gasteiger partial charge in [-0.1, -0.05) is 91.0 Å². The van der Waals surface area contributed by atoms with E-state index in [0.29, 0.717) is 16.7 Å². The quantitative estimate of drug-likeness (QED) is 0.0661. The van der Waals surface area contributed by atoms with Gasteiger partial charge < -0.3 is 52.8 Å². The number of hydrogen-bond donors (Lipinski definition) is 0. The largest absolute Gasteiger partial charge is 0.656 e. The fourth-order valence-corrected chi connectivity index (χ4v) is 11.6. The molecule has 0 saturated carbocycles. The van der Waals surface area contributed by atoms with Crippen molar-refractivity contribution in [3.63, 3.8) is 0 Å². The fraction of sp³-hybridized carbons (Fsp3) is 0.116. The Bertz CT molecular complexity index is 5050. The molecule has 7 aromatic carbocycles. The van der Waals surface area contributed by atoms with Crippen LogP contribution in [-0.2, 0) is 55.0 Å². The zero-order chi connectivity index (χ0) is 62.7. The van der Waals surface area contributed by atoms with Crippen LogP contribution in [0, 0.1) is 0 Å². The number of esters is 8. The van der Waals surface area contributed by atoms with Gasteiger partial charge in [-0.05, 0) is 114 Å². The van der Waals surface area contributed by atoms with E-state index in [1.54, 1.807) is 91.0 Å². The van der Waals surface area contributed by atoms with E-state index in [2.05, 4.69) is 0 Å². The molecular weight excluding hydrogens is 1200 g/mol. The Hall–Kier alpha value is -11.4. The third kappa shape index (κ3) is 9.68. The minimum absolute atomic E-state index is 0. The standard InChI is InChI=1S/C69H50N4O16.Cu/c1-82-62(74)43-24-35-37(26-45(43)64(76)84-3)56-52(33-20-14-10-15-21-33)58-39-28-47(66(78)86-5)49(68(80)88-7)30-41(39)60(72-58)61-42-31-50(69(81)89-8)48(67(79)87-6)29-40(42)59(73-61)53(34-22-16-11-17-23-34)57-38-27-46(65(77)85-4)44(63(75)83-2)25-36(38)55(71-57)51(54(35)70-56)32-18-12-9-13-19-32;/h9-31H,1-8H3,(H3,70,71,72,73,74,75,76,77,78,79,80,81);/p-3. The van der Waals surface area contributed by atoms with E-state index in [4.69, 9.17) is 57.8 Å². The molecule has 8 bridgehead atoms. The molecule has 4 heterocycles. The molecule has 20 nitrogen and oxygen atoms in total. The first-order valence-electron chi connectivity index (χ1n) is 27.2. The van der Waals surface area contributed by atoms with Crippen LogP contribution in [0.3, 0.4) is 0 Å². The van der Waals surface area contributed by atoms with Gasteiger partial charge in [0.15, 0.2) is 0 Å². The molecule has 0 fully saturated rings. The number of methoxy groups -OCH3 is 8. The van der Waals surface area contributed by atoms with Crippen LogP contribution in [0.2, 0.25) is 0 Å². The molecule has 0 saturated heterocycles. The molecule has 21 heteroatoms. The van der Waals surface area contributed by atoms with Crippen molar-refractivity contribution in [2.75, 3.05) is 56.9 Å². The molecule has 453 valence electrons. The summed E-state index contributed by atoms with van der Waals surface area (Å²) in [7, 11) is 9.26. The number of fused-ring (bicyclic) bond motifs is 1. The molecule has 1 radical (unpaired) electrons. The Morgan fingerprint density at radius 3 is 0.756 bits per heavy atom. The molecule has 12 rings (SSSR count). The fourth-order valence-electron chi connectivity index (χ4n) is 11.6. The van der Waals surface area contributed by atoms with E-state index in [9.17, 15) is 38.4 Å². The normalized spacial score (nSPS) is 11.2. The minimum Gasteiger partial charge on any atom is -0.656 e. The number of nitrogens with zero attached hydrogens (tertiary/aromatic N) is 4. The van der Waals surface area contributed by atoms with Crippen molar-refractivity contribution >= 4 is 113 Å². The minimum atomic E-state index is -0.924. The van der Waals surface area contributed by atoms with Crippen LogP contribution >= 0.6 is 0 Å². The Kier molecular flexibility index (Phi) is 16.1. The van der Waals surface area contributed by atoms with E-state index in [0.717, 1.165) is 56.9 Å². The number of ether oxygens (including phenoxy) is 8. The SMILES string of the molecule is COC(=O)c1cc2c(cc1C(=O)OC)-c1nc-2c(-c2ccccc2)c2[n-]c(c(-c3ccccc3)c3[n-]c(c(-c4ccccc4)c4[n-]c1c1cc(C(=O)OC)c(C(=O)OC)cc41)c1cc(C(=O)OC)c(C(=O)OC)cc31)c1cc(C(=O)OC)c(C(=O)OC)cc21.[Cu]. The van der Waals surface area contributed by atoms with Gasteiger partial charge >= 0.3 is 47.8 Å². The van der Waals surface area contributed by atoms with Gasteiger partial charge in [-0.3, -0.25) is 0 Å². The van der Waals surface area contributed by atoms with Crippen molar-refractivity contribution in [2.45, 2.75) is 0 Å². The first kappa shape index (κ1) is 60.3. The molecule has 3 aromatic heterocycles. The first-order chi connectivity index (χ1) is 43.1. The van der Waals surface area contributed by atoms with Crippen molar-refractivity contribution in [3.8, 4) is 55.9 Å². The number of benzene rings is 7. The molecule has 1 aliphatic heterocycles. The summed E-state index contributed by atoms with van der Waals surface area (Å²) in [6.45, 7) is 0. The van der Waals surface area contributed by atoms with Crippen LogP contribution in [0.4, 0.5) is 0 Å². The maximum atomic E-state index is 14.1. The van der Waals surface area contributed by atoms with Crippen molar-refractivity contribution in [2.24, 2.45) is 0 Å². The van der Waals surface area contributed by atoms with Crippen LogP contribution in [-0.4, -0.2) is 110 Å². The molecule has 0 unspecified atom stereocenters. The second kappa shape index (κ2) is 24.0. The molecule has 2 aliphatic rings. The summed E-state index contributed by atoms with van der Waals surface area (Å²) < 4.78 is 42.5. The number of carbonyl (C=O) groups excluding carboxylic acids is 8. The summed E-state index contributed by atoms with van der Waals surface area (Å²) in [5.74, 6) is -7.30. The summed E-state index contributed by atoms with van der Waals surface area (Å²) >= 11 is 0. The van der Waals surface area contributed by atoms with Crippen molar-refractivity contribution < 1.29 is 93.3 Å². The molecule has 1 aliphatic carbocycles. The third-order valence-corrected chi connectivity index (χ3v) is 15.6. The average molecular weight is 1250 g/mol. The van der Waals surface area contributed by atoms with E-state index in [-0.39, 0.29) is 166 Å². The predicted molar refractivity (Wildman–Crippen MR) is 327 cm³/mol. The third-order valence-electron chi connectivity index (χ3n) is 15.6. The summed E-state index contributed by atoms with van der Waals surface area (Å²) in [4.78, 5) is 135. The van der Waals surface area contributed by atoms with Crippen LogP contribution in [0.15, 0.2) is 140 Å². The van der Waals surface area contributed by atoms with Crippen molar-refractivity contribution in [1.82, 2.24) is 19.9 Å². The monoisotopic (exact) mass is 1250 g/mol. The molecule has 10 aromatic rings. The zero-order valence-electron chi connectivity index (χ0n) is 48.9. The molecule has 0 amide bonds. The number of carbonyl (C=O) groups is 8. The van der Waals surface area contributed by atoms with Gasteiger partial charge in [-0.25, -0.2) is 43.3 Å². The van der Waals surface area contributed by atoms with Crippen molar-refractivity contribution in [1.29, 1.82) is 0 Å². The average Bonchev–Trinajstić information content (AvgIpc) is 1.56. The van der Waals surface area contributed by atoms with Crippen molar-refractivity contribution in [3.05, 3.63) is 184 Å². The molecule has 0 N–H and O–H groups in total. The Labute approximate surface area is 520 Å². The van der Waals surface area contributed by atoms with Gasteiger partial charge in [0.25, 0.3) is 0 Å². The van der Waals surface area contributed by atoms with E-state index >= 15 is 0 Å². The summed E-state index contributed by atoms with van der Waals surface area (Å²) in [5, 5.41) is 1.44. The van der Waals surface area contributed by atoms with Gasteiger partial charge in [0.05, 0.1) is 113 Å². The van der Waals surface area contributed by atoms with E-state index in [1.165, 1.54) is 48.5 Å². The predicted octanol–water partition coefficient (Wildman–Crippen LogP) is 11.5. The number of aromatic nitrogens is 4. The molecule has 90 heavy (non-hydrogen) atoms. The molecule has 0 spiro atoms. The smallest absolute Gasteiger partial charge is 0.338 e. The van der Waals surface area contributed by atoms with E-state index < -0.39 is 47.8 Å². The Balaban J connectivity index is 0.00000833. The number of hydrogen-bond acceptors (Lipinski definition) is 17. The maximum Gasteiger partial charge on any atom is 0.338 e. The van der Waals surface area contributed by atoms with Crippen LogP contribution in [0.1, 0.15) is 82.9 Å². The Morgan fingerprint density at radius 1 is 0.278 bits per heavy atom. The van der Waals surface area contributed by atoms with Crippen LogP contribution in [0.5, 0.6) is 0 Å². The van der Waals surface area contributed by atoms with Gasteiger partial charge in [-0.2, -0.15) is 0 Å². The maximum absolute atomic E-state index is 14.1. The first-order valence-corrected chi connectivity index (χ1v) is 27.2. The van der Waals surface area contributed by atoms with E-state index in [1.807, 2.05) is 0 Å². The summed E-state index contributed by atoms with van der Waals surface area (Å²) in [5.41, 5.74) is 1.88. The zero-order valence-corrected chi connectivity index (χ0v) is 49.8. The summed E-state index contributed by atoms with van der Waals surface area (Å²) in [6.07, 6.45) is 0. The number of rotatable bonds is 11. The van der Waals surface area contributed by atoms with Gasteiger partial charge in [0.1, 0.15) is 0 Å². The topological polar surface area (TPSA) is 266 Å². The van der Waals surface area contributed by atoms with Gasteiger partial charge in [0, 0.05) is 28.2 Å². The van der Waals surface area contributed by atoms with Crippen LogP contribution < -0.4 is 15.0 Å². The summed E-state index contributed by atoms with van der Waals surface area (Å²) in [6, 6.07) is 38.4. The second-order valence-corrected chi connectivity index (χ2v) is 20.2. The second-order valence-electron chi connectivity index (χ2n) is 20.2. The van der Waals surface area contributed by atoms with Crippen LogP contribution in [0.25, 0.3) is 121 Å². The molecular formula is C69H47CuN4O16-3. The Morgan fingerprint density at radius 2 is 0.489 bits per heavy atom. The molecule has 0 atom stereocenters. The van der Waals surface area contributed by atoms with Gasteiger partial charge in [0.2, 0.25) is 0 Å².